The lowest BCUT2D eigenvalue weighted by molar-refractivity contribution is -0.305. The lowest BCUT2D eigenvalue weighted by atomic mass is 10.2. The number of unbranched alkanes of at least 4 members (excludes halogenated alkanes) is 2. The topological polar surface area (TPSA) is 60.4 Å². The highest BCUT2D eigenvalue weighted by molar-refractivity contribution is 8.26. The molecule has 0 saturated carbocycles. The largest absolute Gasteiger partial charge is 0.550 e. The molecule has 0 aromatic carbocycles. The van der Waals surface area contributed by atoms with Crippen LogP contribution in [0.5, 0.6) is 0 Å². The van der Waals surface area contributed by atoms with Crippen LogP contribution in [0, 0.1) is 0 Å². The molecule has 1 fully saturated rings. The van der Waals surface area contributed by atoms with E-state index in [4.69, 9.17) is 12.2 Å². The van der Waals surface area contributed by atoms with Crippen molar-refractivity contribution in [3.05, 3.63) is 27.3 Å². The molecule has 0 N–H and O–H groups in total. The number of carbonyl (C=O) groups excluding carboxylic acids is 2. The Morgan fingerprint density at radius 3 is 2.86 bits per heavy atom. The van der Waals surface area contributed by atoms with E-state index >= 15 is 0 Å². The second-order valence-electron chi connectivity index (χ2n) is 4.57. The Bertz CT molecular complexity index is 566. The monoisotopic (exact) mass is 340 g/mol. The standard InChI is InChI=1S/C14H15NO3S3/c16-12(17)4-2-1-3-6-15-13(18)11(21-14(15)19)8-10-5-7-20-9-10/h5,7-9H,1-4,6H2,(H,16,17)/p-1/b11-8+. The first-order valence-corrected chi connectivity index (χ1v) is 8.72. The second-order valence-corrected chi connectivity index (χ2v) is 7.03. The number of thioether (sulfide) groups is 1. The number of nitrogens with zero attached hydrogens (tertiary/aromatic N) is 1. The van der Waals surface area contributed by atoms with Crippen molar-refractivity contribution >= 4 is 57.6 Å². The summed E-state index contributed by atoms with van der Waals surface area (Å²) in [5.41, 5.74) is 1.01. The molecular weight excluding hydrogens is 326 g/mol. The molecule has 0 spiro atoms. The molecule has 1 saturated heterocycles. The summed E-state index contributed by atoms with van der Waals surface area (Å²) in [6.07, 6.45) is 3.98. The summed E-state index contributed by atoms with van der Waals surface area (Å²) in [6, 6.07) is 1.96. The number of hydrogen-bond acceptors (Lipinski definition) is 6. The van der Waals surface area contributed by atoms with Crippen LogP contribution in [0.25, 0.3) is 6.08 Å². The molecule has 1 aromatic heterocycles. The Kier molecular flexibility index (Phi) is 5.96. The van der Waals surface area contributed by atoms with Crippen LogP contribution < -0.4 is 5.11 Å². The molecule has 7 heteroatoms. The van der Waals surface area contributed by atoms with Crippen LogP contribution in [-0.2, 0) is 9.59 Å². The minimum atomic E-state index is -1.03. The molecule has 112 valence electrons. The smallest absolute Gasteiger partial charge is 0.266 e. The zero-order chi connectivity index (χ0) is 15.2. The average molecular weight is 340 g/mol. The van der Waals surface area contributed by atoms with Gasteiger partial charge >= 0.3 is 0 Å². The lowest BCUT2D eigenvalue weighted by Crippen LogP contribution is -2.29. The summed E-state index contributed by atoms with van der Waals surface area (Å²) >= 11 is 8.14. The maximum Gasteiger partial charge on any atom is 0.266 e. The van der Waals surface area contributed by atoms with Gasteiger partial charge in [-0.05, 0) is 47.7 Å². The zero-order valence-corrected chi connectivity index (χ0v) is 13.7. The Labute approximate surface area is 136 Å². The Morgan fingerprint density at radius 1 is 1.38 bits per heavy atom. The van der Waals surface area contributed by atoms with Gasteiger partial charge in [0.15, 0.2) is 0 Å². The van der Waals surface area contributed by atoms with Gasteiger partial charge in [-0.15, -0.1) is 0 Å². The summed E-state index contributed by atoms with van der Waals surface area (Å²) in [6.45, 7) is 0.540. The van der Waals surface area contributed by atoms with Crippen LogP contribution in [-0.4, -0.2) is 27.6 Å². The van der Waals surface area contributed by atoms with E-state index in [-0.39, 0.29) is 12.3 Å². The Hall–Kier alpha value is -1.18. The van der Waals surface area contributed by atoms with Gasteiger partial charge in [0.2, 0.25) is 0 Å². The quantitative estimate of drug-likeness (QED) is 0.433. The highest BCUT2D eigenvalue weighted by Crippen LogP contribution is 2.33. The summed E-state index contributed by atoms with van der Waals surface area (Å²) in [5.74, 6) is -1.09. The molecule has 1 aliphatic rings. The molecule has 0 aliphatic carbocycles. The Balaban J connectivity index is 1.86. The van der Waals surface area contributed by atoms with Crippen LogP contribution in [0.1, 0.15) is 31.2 Å². The van der Waals surface area contributed by atoms with Crippen molar-refractivity contribution in [3.8, 4) is 0 Å². The van der Waals surface area contributed by atoms with E-state index in [0.29, 0.717) is 22.2 Å². The number of carboxylic acid groups (broad SMARTS) is 1. The van der Waals surface area contributed by atoms with Crippen LogP contribution >= 0.6 is 35.3 Å². The fourth-order valence-electron chi connectivity index (χ4n) is 1.92. The molecule has 1 aliphatic heterocycles. The van der Waals surface area contributed by atoms with Crippen LogP contribution in [0.15, 0.2) is 21.7 Å². The van der Waals surface area contributed by atoms with Crippen LogP contribution in [0.2, 0.25) is 0 Å². The van der Waals surface area contributed by atoms with Gasteiger partial charge in [-0.3, -0.25) is 9.69 Å². The number of carbonyl (C=O) groups is 2. The Morgan fingerprint density at radius 2 is 2.19 bits per heavy atom. The summed E-state index contributed by atoms with van der Waals surface area (Å²) in [7, 11) is 0. The van der Waals surface area contributed by atoms with Gasteiger partial charge < -0.3 is 9.90 Å². The van der Waals surface area contributed by atoms with E-state index in [1.807, 2.05) is 22.9 Å². The average Bonchev–Trinajstić information content (AvgIpc) is 3.01. The summed E-state index contributed by atoms with van der Waals surface area (Å²) in [5, 5.41) is 14.3. The van der Waals surface area contributed by atoms with Gasteiger partial charge in [0, 0.05) is 12.5 Å². The van der Waals surface area contributed by atoms with Gasteiger partial charge in [-0.2, -0.15) is 11.3 Å². The molecule has 2 rings (SSSR count). The predicted molar refractivity (Wildman–Crippen MR) is 87.7 cm³/mol. The molecule has 0 unspecified atom stereocenters. The molecule has 1 aromatic rings. The molecule has 0 bridgehead atoms. The molecule has 0 atom stereocenters. The third kappa shape index (κ3) is 4.66. The number of rotatable bonds is 7. The second kappa shape index (κ2) is 7.72. The van der Waals surface area contributed by atoms with Gasteiger partial charge in [0.05, 0.1) is 4.91 Å². The van der Waals surface area contributed by atoms with Crippen molar-refractivity contribution in [3.63, 3.8) is 0 Å². The van der Waals surface area contributed by atoms with E-state index in [2.05, 4.69) is 0 Å². The van der Waals surface area contributed by atoms with Gasteiger partial charge in [-0.1, -0.05) is 30.4 Å². The first kappa shape index (κ1) is 16.2. The fraction of sp³-hybridized carbons (Fsp3) is 0.357. The molecule has 4 nitrogen and oxygen atoms in total. The molecular formula is C14H14NO3S3-. The van der Waals surface area contributed by atoms with E-state index in [1.54, 1.807) is 16.2 Å². The van der Waals surface area contributed by atoms with Gasteiger partial charge in [0.1, 0.15) is 4.32 Å². The highest BCUT2D eigenvalue weighted by atomic mass is 32.2. The van der Waals surface area contributed by atoms with Crippen molar-refractivity contribution in [2.45, 2.75) is 25.7 Å². The lowest BCUT2D eigenvalue weighted by Gasteiger charge is -2.14. The van der Waals surface area contributed by atoms with Crippen LogP contribution in [0.4, 0.5) is 0 Å². The maximum atomic E-state index is 12.3. The minimum Gasteiger partial charge on any atom is -0.550 e. The SMILES string of the molecule is O=C([O-])CCCCCN1C(=O)/C(=C\c2ccsc2)SC1=S. The van der Waals surface area contributed by atoms with E-state index < -0.39 is 5.97 Å². The van der Waals surface area contributed by atoms with Gasteiger partial charge in [0.25, 0.3) is 5.91 Å². The summed E-state index contributed by atoms with van der Waals surface area (Å²) < 4.78 is 0.571. The maximum absolute atomic E-state index is 12.3. The predicted octanol–water partition coefficient (Wildman–Crippen LogP) is 2.26. The first-order valence-electron chi connectivity index (χ1n) is 6.55. The molecule has 0 radical (unpaired) electrons. The number of hydrogen-bond donors (Lipinski definition) is 0. The number of thiophene rings is 1. The third-order valence-corrected chi connectivity index (χ3v) is 5.06. The van der Waals surface area contributed by atoms with Crippen molar-refractivity contribution < 1.29 is 14.7 Å². The third-order valence-electron chi connectivity index (χ3n) is 2.98. The number of carboxylic acids is 1. The highest BCUT2D eigenvalue weighted by Gasteiger charge is 2.31. The van der Waals surface area contributed by atoms with E-state index in [0.717, 1.165) is 18.4 Å². The zero-order valence-electron chi connectivity index (χ0n) is 11.2. The first-order chi connectivity index (χ1) is 10.1. The van der Waals surface area contributed by atoms with Crippen molar-refractivity contribution in [2.75, 3.05) is 6.54 Å². The van der Waals surface area contributed by atoms with Crippen LogP contribution in [0.3, 0.4) is 0 Å². The number of amides is 1. The minimum absolute atomic E-state index is 0.0592. The normalized spacial score (nSPS) is 17.0. The number of aliphatic carboxylic acids is 1. The van der Waals surface area contributed by atoms with Crippen molar-refractivity contribution in [2.24, 2.45) is 0 Å². The fourth-order valence-corrected chi connectivity index (χ4v) is 3.84. The van der Waals surface area contributed by atoms with Gasteiger partial charge in [-0.25, -0.2) is 0 Å². The molecule has 2 heterocycles. The van der Waals surface area contributed by atoms with Crippen molar-refractivity contribution in [1.82, 2.24) is 4.90 Å². The summed E-state index contributed by atoms with van der Waals surface area (Å²) in [4.78, 5) is 24.8. The van der Waals surface area contributed by atoms with Crippen molar-refractivity contribution in [1.29, 1.82) is 0 Å². The molecule has 21 heavy (non-hydrogen) atoms. The van der Waals surface area contributed by atoms with E-state index in [9.17, 15) is 14.7 Å². The van der Waals surface area contributed by atoms with E-state index in [1.165, 1.54) is 11.8 Å². The molecule has 1 amide bonds. The number of thiocarbonyl (C=S) groups is 1.